The van der Waals surface area contributed by atoms with Crippen molar-refractivity contribution in [3.63, 3.8) is 0 Å². The summed E-state index contributed by atoms with van der Waals surface area (Å²) in [7, 11) is 0. The molecule has 0 radical (unpaired) electrons. The Balaban J connectivity index is 1.83. The van der Waals surface area contributed by atoms with Gasteiger partial charge in [-0.3, -0.25) is 9.48 Å². The van der Waals surface area contributed by atoms with Gasteiger partial charge in [0.15, 0.2) is 5.69 Å². The zero-order valence-corrected chi connectivity index (χ0v) is 11.9. The first-order valence-electron chi connectivity index (χ1n) is 7.46. The molecule has 6 nitrogen and oxygen atoms in total. The summed E-state index contributed by atoms with van der Waals surface area (Å²) in [5.41, 5.74) is 6.79. The zero-order valence-electron chi connectivity index (χ0n) is 11.9. The van der Waals surface area contributed by atoms with Gasteiger partial charge in [-0.05, 0) is 19.8 Å². The van der Waals surface area contributed by atoms with Crippen molar-refractivity contribution in [2.45, 2.75) is 51.3 Å². The lowest BCUT2D eigenvalue weighted by atomic mass is 9.90. The Bertz CT molecular complexity index is 497. The number of nitrogens with two attached hydrogens (primary N) is 1. The van der Waals surface area contributed by atoms with Gasteiger partial charge in [-0.1, -0.05) is 12.8 Å². The van der Waals surface area contributed by atoms with Gasteiger partial charge >= 0.3 is 0 Å². The van der Waals surface area contributed by atoms with Crippen molar-refractivity contribution in [3.8, 4) is 0 Å². The number of hydrogen-bond acceptors (Lipinski definition) is 4. The molecule has 1 saturated carbocycles. The predicted octanol–water partition coefficient (Wildman–Crippen LogP) is 1.27. The summed E-state index contributed by atoms with van der Waals surface area (Å²) >= 11 is 0. The second-order valence-electron chi connectivity index (χ2n) is 5.55. The van der Waals surface area contributed by atoms with E-state index in [9.17, 15) is 4.79 Å². The number of rotatable bonds is 2. The molecule has 0 aromatic carbocycles. The van der Waals surface area contributed by atoms with Crippen LogP contribution < -0.4 is 5.73 Å². The molecule has 110 valence electrons. The number of hydrogen-bond donors (Lipinski definition) is 1. The molecule has 1 aliphatic heterocycles. The molecule has 0 spiro atoms. The number of ether oxygens (including phenoxy) is 1. The number of morpholine rings is 1. The van der Waals surface area contributed by atoms with Gasteiger partial charge in [-0.15, -0.1) is 0 Å². The molecule has 2 fully saturated rings. The maximum Gasteiger partial charge on any atom is 0.276 e. The van der Waals surface area contributed by atoms with Gasteiger partial charge in [0, 0.05) is 19.3 Å². The van der Waals surface area contributed by atoms with Crippen molar-refractivity contribution in [1.29, 1.82) is 0 Å². The number of amides is 1. The Morgan fingerprint density at radius 3 is 3.05 bits per heavy atom. The van der Waals surface area contributed by atoms with Gasteiger partial charge in [0.05, 0.1) is 24.4 Å². The summed E-state index contributed by atoms with van der Waals surface area (Å²) in [4.78, 5) is 14.6. The average Bonchev–Trinajstić information content (AvgIpc) is 2.87. The smallest absolute Gasteiger partial charge is 0.276 e. The standard InChI is InChI=1S/C14H22N4O2/c1-2-17-9-10(15)13(16-17)14(19)18-7-8-20-12-6-4-3-5-11(12)18/h9,11-12H,2-8,15H2,1H3. The minimum Gasteiger partial charge on any atom is -0.396 e. The largest absolute Gasteiger partial charge is 0.396 e. The summed E-state index contributed by atoms with van der Waals surface area (Å²) in [6, 6.07) is 0.191. The van der Waals surface area contributed by atoms with Crippen LogP contribution in [0.25, 0.3) is 0 Å². The Kier molecular flexibility index (Phi) is 3.65. The van der Waals surface area contributed by atoms with Crippen molar-refractivity contribution in [3.05, 3.63) is 11.9 Å². The fourth-order valence-electron chi connectivity index (χ4n) is 3.25. The molecule has 1 amide bonds. The monoisotopic (exact) mass is 278 g/mol. The SMILES string of the molecule is CCn1cc(N)c(C(=O)N2CCOC3CCCCC32)n1. The molecule has 3 rings (SSSR count). The highest BCUT2D eigenvalue weighted by atomic mass is 16.5. The Hall–Kier alpha value is -1.56. The zero-order chi connectivity index (χ0) is 14.1. The lowest BCUT2D eigenvalue weighted by Gasteiger charge is -2.43. The van der Waals surface area contributed by atoms with E-state index in [2.05, 4.69) is 5.10 Å². The van der Waals surface area contributed by atoms with Crippen LogP contribution in [0.1, 0.15) is 43.1 Å². The number of carbonyl (C=O) groups excluding carboxylic acids is 1. The number of carbonyl (C=O) groups is 1. The fourth-order valence-corrected chi connectivity index (χ4v) is 3.25. The number of fused-ring (bicyclic) bond motifs is 1. The maximum absolute atomic E-state index is 12.7. The summed E-state index contributed by atoms with van der Waals surface area (Å²) in [5, 5.41) is 4.30. The Morgan fingerprint density at radius 2 is 2.30 bits per heavy atom. The maximum atomic E-state index is 12.7. The quantitative estimate of drug-likeness (QED) is 0.884. The first kappa shape index (κ1) is 13.4. The van der Waals surface area contributed by atoms with Crippen molar-refractivity contribution < 1.29 is 9.53 Å². The average molecular weight is 278 g/mol. The summed E-state index contributed by atoms with van der Waals surface area (Å²) in [6.07, 6.45) is 6.34. The third-order valence-electron chi connectivity index (χ3n) is 4.31. The molecule has 0 bridgehead atoms. The highest BCUT2D eigenvalue weighted by molar-refractivity contribution is 5.97. The molecule has 2 aliphatic rings. The summed E-state index contributed by atoms with van der Waals surface area (Å²) < 4.78 is 7.51. The predicted molar refractivity (Wildman–Crippen MR) is 75.3 cm³/mol. The van der Waals surface area contributed by atoms with E-state index in [0.717, 1.165) is 19.3 Å². The topological polar surface area (TPSA) is 73.4 Å². The van der Waals surface area contributed by atoms with Crippen LogP contribution in [0.2, 0.25) is 0 Å². The molecule has 1 aliphatic carbocycles. The van der Waals surface area contributed by atoms with Crippen LogP contribution in [0.15, 0.2) is 6.20 Å². The van der Waals surface area contributed by atoms with Crippen molar-refractivity contribution in [2.24, 2.45) is 0 Å². The third kappa shape index (κ3) is 2.28. The lowest BCUT2D eigenvalue weighted by Crippen LogP contribution is -2.55. The number of nitrogen functional groups attached to an aromatic ring is 1. The molecular formula is C14H22N4O2. The lowest BCUT2D eigenvalue weighted by molar-refractivity contribution is -0.0754. The third-order valence-corrected chi connectivity index (χ3v) is 4.31. The number of nitrogens with zero attached hydrogens (tertiary/aromatic N) is 3. The van der Waals surface area contributed by atoms with E-state index in [1.165, 1.54) is 6.42 Å². The minimum atomic E-state index is -0.0464. The van der Waals surface area contributed by atoms with Crippen LogP contribution in [-0.2, 0) is 11.3 Å². The van der Waals surface area contributed by atoms with E-state index in [1.807, 2.05) is 11.8 Å². The van der Waals surface area contributed by atoms with Crippen LogP contribution in [-0.4, -0.2) is 45.9 Å². The van der Waals surface area contributed by atoms with Gasteiger partial charge in [-0.25, -0.2) is 0 Å². The van der Waals surface area contributed by atoms with Gasteiger partial charge < -0.3 is 15.4 Å². The van der Waals surface area contributed by atoms with Gasteiger partial charge in [-0.2, -0.15) is 5.10 Å². The van der Waals surface area contributed by atoms with Crippen molar-refractivity contribution in [2.75, 3.05) is 18.9 Å². The van der Waals surface area contributed by atoms with Crippen molar-refractivity contribution in [1.82, 2.24) is 14.7 Å². The minimum absolute atomic E-state index is 0.0464. The fraction of sp³-hybridized carbons (Fsp3) is 0.714. The van der Waals surface area contributed by atoms with E-state index < -0.39 is 0 Å². The molecule has 2 heterocycles. The number of anilines is 1. The molecular weight excluding hydrogens is 256 g/mol. The second-order valence-corrected chi connectivity index (χ2v) is 5.55. The van der Waals surface area contributed by atoms with Gasteiger partial charge in [0.1, 0.15) is 0 Å². The van der Waals surface area contributed by atoms with Crippen LogP contribution >= 0.6 is 0 Å². The molecule has 1 aromatic heterocycles. The number of aryl methyl sites for hydroxylation is 1. The highest BCUT2D eigenvalue weighted by Crippen LogP contribution is 2.29. The molecule has 6 heteroatoms. The molecule has 2 N–H and O–H groups in total. The first-order valence-corrected chi connectivity index (χ1v) is 7.46. The molecule has 20 heavy (non-hydrogen) atoms. The molecule has 2 atom stereocenters. The van der Waals surface area contributed by atoms with Crippen LogP contribution in [0.3, 0.4) is 0 Å². The molecule has 1 saturated heterocycles. The van der Waals surface area contributed by atoms with E-state index in [0.29, 0.717) is 31.1 Å². The van der Waals surface area contributed by atoms with E-state index in [4.69, 9.17) is 10.5 Å². The van der Waals surface area contributed by atoms with Crippen LogP contribution in [0, 0.1) is 0 Å². The van der Waals surface area contributed by atoms with E-state index in [-0.39, 0.29) is 18.1 Å². The Labute approximate surface area is 118 Å². The first-order chi connectivity index (χ1) is 9.70. The van der Waals surface area contributed by atoms with Crippen molar-refractivity contribution >= 4 is 11.6 Å². The van der Waals surface area contributed by atoms with E-state index >= 15 is 0 Å². The molecule has 2 unspecified atom stereocenters. The van der Waals surface area contributed by atoms with Crippen LogP contribution in [0.4, 0.5) is 5.69 Å². The summed E-state index contributed by atoms with van der Waals surface area (Å²) in [5.74, 6) is -0.0464. The highest BCUT2D eigenvalue weighted by Gasteiger charge is 2.38. The summed E-state index contributed by atoms with van der Waals surface area (Å²) in [6.45, 7) is 3.94. The second kappa shape index (κ2) is 5.44. The van der Waals surface area contributed by atoms with Crippen LogP contribution in [0.5, 0.6) is 0 Å². The Morgan fingerprint density at radius 1 is 1.50 bits per heavy atom. The normalized spacial score (nSPS) is 26.4. The molecule has 1 aromatic rings. The van der Waals surface area contributed by atoms with Gasteiger partial charge in [0.25, 0.3) is 5.91 Å². The van der Waals surface area contributed by atoms with Gasteiger partial charge in [0.2, 0.25) is 0 Å². The number of aromatic nitrogens is 2. The van der Waals surface area contributed by atoms with E-state index in [1.54, 1.807) is 10.9 Å².